The molecule has 0 amide bonds. The molecule has 1 unspecified atom stereocenters. The van der Waals surface area contributed by atoms with E-state index in [4.69, 9.17) is 14.9 Å². The minimum absolute atomic E-state index is 0.173. The Morgan fingerprint density at radius 1 is 1.39 bits per heavy atom. The fraction of sp³-hybridized carbons (Fsp3) is 0.385. The zero-order valence-corrected chi connectivity index (χ0v) is 14.5. The first kappa shape index (κ1) is 18.1. The first-order valence-corrected chi connectivity index (χ1v) is 10.1. The molecule has 1 aromatic heterocycles. The highest BCUT2D eigenvalue weighted by molar-refractivity contribution is 7.89. The highest BCUT2D eigenvalue weighted by Crippen LogP contribution is 2.38. The zero-order valence-electron chi connectivity index (χ0n) is 12.8. The third-order valence-electron chi connectivity index (χ3n) is 3.90. The molecule has 0 saturated carbocycles. The average Bonchev–Trinajstić information content (AvgIpc) is 2.84. The van der Waals surface area contributed by atoms with Crippen molar-refractivity contribution in [1.29, 1.82) is 0 Å². The molecule has 10 heteroatoms. The lowest BCUT2D eigenvalue weighted by molar-refractivity contribution is 0.293. The minimum atomic E-state index is -4.26. The summed E-state index contributed by atoms with van der Waals surface area (Å²) in [4.78, 5) is 21.2. The third kappa shape index (κ3) is 4.20. The minimum Gasteiger partial charge on any atom is -0.361 e. The summed E-state index contributed by atoms with van der Waals surface area (Å²) in [6, 6.07) is 5.20. The van der Waals surface area contributed by atoms with Crippen LogP contribution in [0.15, 0.2) is 24.4 Å². The number of sulfonamides is 1. The van der Waals surface area contributed by atoms with Gasteiger partial charge in [-0.3, -0.25) is 0 Å². The molecule has 1 heterocycles. The van der Waals surface area contributed by atoms with Crippen molar-refractivity contribution < 1.29 is 22.8 Å². The Morgan fingerprint density at radius 3 is 2.61 bits per heavy atom. The Balaban J connectivity index is 2.30. The van der Waals surface area contributed by atoms with Crippen LogP contribution in [0.3, 0.4) is 0 Å². The van der Waals surface area contributed by atoms with E-state index in [1.165, 1.54) is 14.0 Å². The molecule has 5 N–H and O–H groups in total. The van der Waals surface area contributed by atoms with Crippen molar-refractivity contribution in [3.63, 3.8) is 0 Å². The van der Waals surface area contributed by atoms with Crippen molar-refractivity contribution in [1.82, 2.24) is 9.65 Å². The Labute approximate surface area is 134 Å². The molecule has 0 aliphatic carbocycles. The van der Waals surface area contributed by atoms with Gasteiger partial charge in [0.25, 0.3) is 0 Å². The second kappa shape index (κ2) is 6.35. The van der Waals surface area contributed by atoms with Crippen LogP contribution in [-0.2, 0) is 21.0 Å². The second-order valence-corrected chi connectivity index (χ2v) is 9.09. The molecule has 23 heavy (non-hydrogen) atoms. The average molecular weight is 361 g/mol. The van der Waals surface area contributed by atoms with Crippen LogP contribution in [0, 0.1) is 0 Å². The number of nitrogens with two attached hydrogens (primary N) is 1. The van der Waals surface area contributed by atoms with E-state index in [0.717, 1.165) is 21.1 Å². The molecule has 2 rings (SSSR count). The number of likely N-dealkylation sites (N-methyl/N-ethyl adjacent to an activating group) is 1. The lowest BCUT2D eigenvalue weighted by atomic mass is 10.1. The third-order valence-corrected chi connectivity index (χ3v) is 6.25. The standard InChI is InChI=1S/C13H20N3O5PS/c1-9(23(14,20)21)10-3-4-13-12(7-10)11(8-15-13)5-6-16(2)22(17,18)19/h3-4,7-9,15H,5-6H2,1-2H3,(H2,14,20,21)(H2,17,18,19). The zero-order chi connectivity index (χ0) is 17.4. The maximum absolute atomic E-state index is 11.5. The summed E-state index contributed by atoms with van der Waals surface area (Å²) in [5.74, 6) is 0. The number of primary sulfonamides is 1. The van der Waals surface area contributed by atoms with E-state index in [-0.39, 0.29) is 6.54 Å². The number of hydrogen-bond donors (Lipinski definition) is 4. The van der Waals surface area contributed by atoms with Crippen molar-refractivity contribution in [2.24, 2.45) is 5.14 Å². The molecule has 8 nitrogen and oxygen atoms in total. The van der Waals surface area contributed by atoms with Gasteiger partial charge in [-0.05, 0) is 43.7 Å². The van der Waals surface area contributed by atoms with Gasteiger partial charge in [-0.15, -0.1) is 0 Å². The van der Waals surface area contributed by atoms with Gasteiger partial charge in [0.05, 0.1) is 5.25 Å². The fourth-order valence-corrected chi connectivity index (χ4v) is 3.14. The number of fused-ring (bicyclic) bond motifs is 1. The first-order chi connectivity index (χ1) is 10.5. The predicted octanol–water partition coefficient (Wildman–Crippen LogP) is 1.08. The number of nitrogens with zero attached hydrogens (tertiary/aromatic N) is 1. The van der Waals surface area contributed by atoms with E-state index in [2.05, 4.69) is 4.98 Å². The topological polar surface area (TPSA) is 137 Å². The molecule has 1 aromatic carbocycles. The monoisotopic (exact) mass is 361 g/mol. The summed E-state index contributed by atoms with van der Waals surface area (Å²) in [7, 11) is -6.59. The van der Waals surface area contributed by atoms with Gasteiger partial charge in [-0.25, -0.2) is 22.8 Å². The lowest BCUT2D eigenvalue weighted by Gasteiger charge is -2.17. The van der Waals surface area contributed by atoms with Crippen LogP contribution in [-0.4, -0.2) is 41.5 Å². The van der Waals surface area contributed by atoms with Gasteiger partial charge in [0.15, 0.2) is 0 Å². The molecule has 1 atom stereocenters. The van der Waals surface area contributed by atoms with E-state index in [0.29, 0.717) is 12.0 Å². The number of nitrogens with one attached hydrogen (secondary N) is 1. The number of aromatic nitrogens is 1. The maximum atomic E-state index is 11.5. The second-order valence-electron chi connectivity index (χ2n) is 5.49. The van der Waals surface area contributed by atoms with E-state index >= 15 is 0 Å². The molecule has 0 aliphatic heterocycles. The molecular weight excluding hydrogens is 341 g/mol. The van der Waals surface area contributed by atoms with Crippen LogP contribution in [0.1, 0.15) is 23.3 Å². The molecule has 2 aromatic rings. The van der Waals surface area contributed by atoms with Crippen LogP contribution in [0.2, 0.25) is 0 Å². The fourth-order valence-electron chi connectivity index (χ4n) is 2.26. The number of rotatable bonds is 6. The summed E-state index contributed by atoms with van der Waals surface area (Å²) in [5, 5.41) is 5.18. The van der Waals surface area contributed by atoms with E-state index < -0.39 is 23.0 Å². The van der Waals surface area contributed by atoms with E-state index in [1.807, 2.05) is 0 Å². The SMILES string of the molecule is CC(c1ccc2[nH]cc(CCN(C)P(=O)(O)O)c2c1)S(N)(=O)=O. The van der Waals surface area contributed by atoms with Gasteiger partial charge in [0.1, 0.15) is 0 Å². The molecule has 0 aliphatic rings. The lowest BCUT2D eigenvalue weighted by Crippen LogP contribution is -2.19. The number of aromatic amines is 1. The van der Waals surface area contributed by atoms with Gasteiger partial charge in [0.2, 0.25) is 10.0 Å². The van der Waals surface area contributed by atoms with Crippen molar-refractivity contribution in [3.8, 4) is 0 Å². The predicted molar refractivity (Wildman–Crippen MR) is 88.2 cm³/mol. The van der Waals surface area contributed by atoms with Crippen LogP contribution in [0.25, 0.3) is 10.9 Å². The maximum Gasteiger partial charge on any atom is 0.402 e. The van der Waals surface area contributed by atoms with Crippen molar-refractivity contribution in [3.05, 3.63) is 35.5 Å². The largest absolute Gasteiger partial charge is 0.402 e. The number of H-pyrrole nitrogens is 1. The molecule has 0 radical (unpaired) electrons. The van der Waals surface area contributed by atoms with Crippen LogP contribution < -0.4 is 5.14 Å². The van der Waals surface area contributed by atoms with Gasteiger partial charge >= 0.3 is 7.75 Å². The van der Waals surface area contributed by atoms with Crippen LogP contribution >= 0.6 is 7.75 Å². The Kier molecular flexibility index (Phi) is 5.00. The molecule has 0 fully saturated rings. The van der Waals surface area contributed by atoms with Gasteiger partial charge in [-0.1, -0.05) is 6.07 Å². The summed E-state index contributed by atoms with van der Waals surface area (Å²) >= 11 is 0. The number of benzene rings is 1. The van der Waals surface area contributed by atoms with Crippen molar-refractivity contribution in [2.45, 2.75) is 18.6 Å². The molecule has 0 spiro atoms. The molecule has 0 bridgehead atoms. The Hall–Kier alpha value is -1.22. The molecular formula is C13H20N3O5PS. The Morgan fingerprint density at radius 2 is 2.04 bits per heavy atom. The van der Waals surface area contributed by atoms with E-state index in [1.54, 1.807) is 24.4 Å². The summed E-state index contributed by atoms with van der Waals surface area (Å²) in [6.07, 6.45) is 2.17. The summed E-state index contributed by atoms with van der Waals surface area (Å²) in [5.41, 5.74) is 2.25. The molecule has 128 valence electrons. The van der Waals surface area contributed by atoms with Gasteiger partial charge in [-0.2, -0.15) is 0 Å². The van der Waals surface area contributed by atoms with E-state index in [9.17, 15) is 13.0 Å². The quantitative estimate of drug-likeness (QED) is 0.568. The number of hydrogen-bond acceptors (Lipinski definition) is 3. The normalized spacial score (nSPS) is 14.5. The van der Waals surface area contributed by atoms with Gasteiger partial charge < -0.3 is 14.8 Å². The molecule has 0 saturated heterocycles. The van der Waals surface area contributed by atoms with Crippen molar-refractivity contribution >= 4 is 28.7 Å². The van der Waals surface area contributed by atoms with Gasteiger partial charge in [0, 0.05) is 23.6 Å². The van der Waals surface area contributed by atoms with Crippen molar-refractivity contribution in [2.75, 3.05) is 13.6 Å². The van der Waals surface area contributed by atoms with Crippen LogP contribution in [0.4, 0.5) is 0 Å². The Bertz CT molecular complexity index is 858. The van der Waals surface area contributed by atoms with Crippen LogP contribution in [0.5, 0.6) is 0 Å². The summed E-state index contributed by atoms with van der Waals surface area (Å²) in [6.45, 7) is 1.69. The summed E-state index contributed by atoms with van der Waals surface area (Å²) < 4.78 is 35.1. The first-order valence-electron chi connectivity index (χ1n) is 6.89. The highest BCUT2D eigenvalue weighted by Gasteiger charge is 2.21. The highest BCUT2D eigenvalue weighted by atomic mass is 32.2. The smallest absolute Gasteiger partial charge is 0.361 e.